The second-order valence-corrected chi connectivity index (χ2v) is 8.05. The molecule has 0 aliphatic heterocycles. The summed E-state index contributed by atoms with van der Waals surface area (Å²) in [7, 11) is 0. The largest absolute Gasteiger partial charge is 0.452 e. The third kappa shape index (κ3) is 5.43. The first-order valence-electron chi connectivity index (χ1n) is 10.5. The molecule has 0 spiro atoms. The highest BCUT2D eigenvalue weighted by Crippen LogP contribution is 2.26. The van der Waals surface area contributed by atoms with Gasteiger partial charge in [0.1, 0.15) is 11.3 Å². The minimum Gasteiger partial charge on any atom is -0.452 e. The normalized spacial score (nSPS) is 15.9. The number of hydrogen-bond donors (Lipinski definition) is 1. The molecule has 1 aliphatic carbocycles. The van der Waals surface area contributed by atoms with E-state index in [4.69, 9.17) is 9.26 Å². The van der Waals surface area contributed by atoms with Gasteiger partial charge in [0.25, 0.3) is 5.91 Å². The van der Waals surface area contributed by atoms with Crippen LogP contribution in [0.5, 0.6) is 0 Å². The quantitative estimate of drug-likeness (QED) is 0.430. The molecule has 2 aromatic heterocycles. The number of aromatic nitrogens is 2. The van der Waals surface area contributed by atoms with Crippen LogP contribution in [0.1, 0.15) is 61.2 Å². The van der Waals surface area contributed by atoms with E-state index in [1.165, 1.54) is 6.08 Å². The Hall–Kier alpha value is -3.34. The van der Waals surface area contributed by atoms with E-state index in [0.29, 0.717) is 24.4 Å². The molecule has 0 saturated heterocycles. The van der Waals surface area contributed by atoms with Crippen molar-refractivity contribution in [1.82, 2.24) is 15.0 Å². The fourth-order valence-electron chi connectivity index (χ4n) is 4.01. The van der Waals surface area contributed by atoms with Crippen molar-refractivity contribution in [2.75, 3.05) is 6.61 Å². The zero-order chi connectivity index (χ0) is 22.4. The zero-order valence-electron chi connectivity index (χ0n) is 18.2. The summed E-state index contributed by atoms with van der Waals surface area (Å²) < 4.78 is 12.2. The van der Waals surface area contributed by atoms with Gasteiger partial charge in [-0.1, -0.05) is 30.8 Å². The van der Waals surface area contributed by atoms with Crippen LogP contribution in [0.3, 0.4) is 0 Å². The van der Waals surface area contributed by atoms with Crippen molar-refractivity contribution in [2.24, 2.45) is 0 Å². The van der Waals surface area contributed by atoms with Gasteiger partial charge in [-0.15, -0.1) is 0 Å². The van der Waals surface area contributed by atoms with Crippen molar-refractivity contribution in [1.29, 1.82) is 5.26 Å². The van der Waals surface area contributed by atoms with E-state index in [0.717, 1.165) is 42.6 Å². The number of aryl methyl sites for hydroxylation is 2. The lowest BCUT2D eigenvalue weighted by Gasteiger charge is -2.26. The minimum atomic E-state index is -0.854. The van der Waals surface area contributed by atoms with Crippen LogP contribution in [0, 0.1) is 32.1 Å². The average molecular weight is 425 g/mol. The number of nitriles is 1. The van der Waals surface area contributed by atoms with E-state index >= 15 is 0 Å². The van der Waals surface area contributed by atoms with E-state index in [1.807, 2.05) is 37.5 Å². The smallest absolute Gasteiger partial charge is 0.331 e. The van der Waals surface area contributed by atoms with Gasteiger partial charge in [-0.25, -0.2) is 4.79 Å². The third-order valence-electron chi connectivity index (χ3n) is 5.61. The lowest BCUT2D eigenvalue weighted by atomic mass is 9.92. The predicted molar refractivity (Wildman–Crippen MR) is 114 cm³/mol. The number of nitrogens with zero attached hydrogens (tertiary/aromatic N) is 3. The Bertz CT molecular complexity index is 1020. The fourth-order valence-corrected chi connectivity index (χ4v) is 4.01. The molecule has 1 saturated carbocycles. The minimum absolute atomic E-state index is 0.413. The van der Waals surface area contributed by atoms with Crippen LogP contribution >= 0.6 is 0 Å². The van der Waals surface area contributed by atoms with Gasteiger partial charge in [-0.2, -0.15) is 5.26 Å². The maximum atomic E-state index is 12.2. The van der Waals surface area contributed by atoms with Crippen LogP contribution in [0.25, 0.3) is 11.9 Å². The van der Waals surface area contributed by atoms with Gasteiger partial charge >= 0.3 is 5.97 Å². The maximum absolute atomic E-state index is 12.2. The molecule has 1 fully saturated rings. The Balaban J connectivity index is 1.57. The molecule has 1 amide bonds. The van der Waals surface area contributed by atoms with Gasteiger partial charge in [0.2, 0.25) is 0 Å². The van der Waals surface area contributed by atoms with E-state index < -0.39 is 24.0 Å². The van der Waals surface area contributed by atoms with Crippen LogP contribution in [-0.4, -0.2) is 33.7 Å². The maximum Gasteiger partial charge on any atom is 0.331 e. The Morgan fingerprint density at radius 3 is 2.58 bits per heavy atom. The predicted octanol–water partition coefficient (Wildman–Crippen LogP) is 3.68. The van der Waals surface area contributed by atoms with Gasteiger partial charge in [0.05, 0.1) is 6.07 Å². The molecule has 0 aromatic carbocycles. The summed E-state index contributed by atoms with van der Waals surface area (Å²) in [5.41, 5.74) is 1.83. The second-order valence-electron chi connectivity index (χ2n) is 8.05. The molecule has 0 bridgehead atoms. The molecule has 0 atom stereocenters. The Kier molecular flexibility index (Phi) is 6.95. The molecule has 8 heteroatoms. The van der Waals surface area contributed by atoms with Crippen LogP contribution in [-0.2, 0) is 14.3 Å². The molecule has 0 radical (unpaired) electrons. The van der Waals surface area contributed by atoms with Crippen molar-refractivity contribution >= 4 is 18.0 Å². The van der Waals surface area contributed by atoms with Crippen molar-refractivity contribution in [3.63, 3.8) is 0 Å². The van der Waals surface area contributed by atoms with Crippen molar-refractivity contribution in [3.8, 4) is 11.9 Å². The summed E-state index contributed by atoms with van der Waals surface area (Å²) in [4.78, 5) is 24.4. The van der Waals surface area contributed by atoms with Gasteiger partial charge < -0.3 is 14.6 Å². The first kappa shape index (κ1) is 22.3. The van der Waals surface area contributed by atoms with Crippen LogP contribution in [0.15, 0.2) is 22.7 Å². The summed E-state index contributed by atoms with van der Waals surface area (Å²) in [6, 6.07) is 6.02. The molecular weight excluding hydrogens is 396 g/mol. The van der Waals surface area contributed by atoms with Gasteiger partial charge in [0.15, 0.2) is 12.4 Å². The Labute approximate surface area is 181 Å². The summed E-state index contributed by atoms with van der Waals surface area (Å²) >= 11 is 0. The zero-order valence-corrected chi connectivity index (χ0v) is 18.2. The standard InChI is InChI=1S/C23H28N4O4/c1-16-12-19(18(3)27(16)20-13-17(2)31-26-20)8-9-22(29)30-14-21(28)25-23(15-24)10-6-4-5-7-11-23/h8-9,12-13H,4-7,10-11,14H2,1-3H3,(H,25,28)/b9-8+. The molecule has 1 N–H and O–H groups in total. The van der Waals surface area contributed by atoms with Crippen molar-refractivity contribution < 1.29 is 18.8 Å². The number of esters is 1. The molecular formula is C23H28N4O4. The Morgan fingerprint density at radius 1 is 1.26 bits per heavy atom. The lowest BCUT2D eigenvalue weighted by Crippen LogP contribution is -2.48. The van der Waals surface area contributed by atoms with Gasteiger partial charge in [-0.05, 0) is 51.3 Å². The number of amides is 1. The molecule has 31 heavy (non-hydrogen) atoms. The van der Waals surface area contributed by atoms with Crippen LogP contribution in [0.4, 0.5) is 0 Å². The number of nitrogens with one attached hydrogen (secondary N) is 1. The Morgan fingerprint density at radius 2 is 1.97 bits per heavy atom. The molecule has 1 aliphatic rings. The van der Waals surface area contributed by atoms with Crippen molar-refractivity contribution in [3.05, 3.63) is 40.9 Å². The van der Waals surface area contributed by atoms with Gasteiger partial charge in [-0.3, -0.25) is 9.36 Å². The number of ether oxygens (including phenoxy) is 1. The topological polar surface area (TPSA) is 110 Å². The van der Waals surface area contributed by atoms with E-state index in [9.17, 15) is 14.9 Å². The number of carbonyl (C=O) groups excluding carboxylic acids is 2. The average Bonchev–Trinajstić information content (AvgIpc) is 3.18. The molecule has 164 valence electrons. The molecule has 0 unspecified atom stereocenters. The third-order valence-corrected chi connectivity index (χ3v) is 5.61. The molecule has 2 aromatic rings. The second kappa shape index (κ2) is 9.65. The van der Waals surface area contributed by atoms with Crippen LogP contribution < -0.4 is 5.32 Å². The highest BCUT2D eigenvalue weighted by atomic mass is 16.5. The summed E-state index contributed by atoms with van der Waals surface area (Å²) in [5, 5.41) is 16.3. The lowest BCUT2D eigenvalue weighted by molar-refractivity contribution is -0.144. The first-order valence-corrected chi connectivity index (χ1v) is 10.5. The van der Waals surface area contributed by atoms with Crippen LogP contribution in [0.2, 0.25) is 0 Å². The highest BCUT2D eigenvalue weighted by Gasteiger charge is 2.32. The van der Waals surface area contributed by atoms with Gasteiger partial charge in [0, 0.05) is 23.5 Å². The molecule has 3 rings (SSSR count). The summed E-state index contributed by atoms with van der Waals surface area (Å²) in [6.07, 6.45) is 8.14. The summed E-state index contributed by atoms with van der Waals surface area (Å²) in [5.74, 6) is 0.314. The van der Waals surface area contributed by atoms with Crippen molar-refractivity contribution in [2.45, 2.75) is 64.8 Å². The molecule has 2 heterocycles. The SMILES string of the molecule is Cc1cc(-n2c(C)cc(/C=C/C(=O)OCC(=O)NC3(C#N)CCCCCC3)c2C)no1. The van der Waals surface area contributed by atoms with E-state index in [2.05, 4.69) is 16.5 Å². The first-order chi connectivity index (χ1) is 14.8. The molecule has 8 nitrogen and oxygen atoms in total. The highest BCUT2D eigenvalue weighted by molar-refractivity contribution is 5.89. The monoisotopic (exact) mass is 424 g/mol. The van der Waals surface area contributed by atoms with E-state index in [1.54, 1.807) is 6.08 Å². The van der Waals surface area contributed by atoms with E-state index in [-0.39, 0.29) is 0 Å². The summed E-state index contributed by atoms with van der Waals surface area (Å²) in [6.45, 7) is 5.27. The number of hydrogen-bond acceptors (Lipinski definition) is 6. The fraction of sp³-hybridized carbons (Fsp3) is 0.478. The number of rotatable bonds is 6. The number of carbonyl (C=O) groups is 2.